The highest BCUT2D eigenvalue weighted by molar-refractivity contribution is 6.16. The Morgan fingerprint density at radius 3 is 1.25 bits per heavy atom. The molecule has 0 fully saturated rings. The summed E-state index contributed by atoms with van der Waals surface area (Å²) in [4.78, 5) is 4.94. The van der Waals surface area contributed by atoms with Gasteiger partial charge in [0.2, 0.25) is 0 Å². The summed E-state index contributed by atoms with van der Waals surface area (Å²) in [6, 6.07) is 117. The first-order valence-corrected chi connectivity index (χ1v) is 29.4. The van der Waals surface area contributed by atoms with E-state index in [-0.39, 0.29) is 0 Å². The molecule has 2 aliphatic carbocycles. The Bertz CT molecular complexity index is 5320. The van der Waals surface area contributed by atoms with Crippen LogP contribution in [0, 0.1) is 0 Å². The lowest BCUT2D eigenvalue weighted by molar-refractivity contribution is 0.795. The number of fused-ring (bicyclic) bond motifs is 19. The molecule has 396 valence electrons. The molecule has 2 aromatic heterocycles. The molecule has 0 unspecified atom stereocenters. The third-order valence-electron chi connectivity index (χ3n) is 18.4. The van der Waals surface area contributed by atoms with Crippen LogP contribution in [0.25, 0.3) is 98.8 Å². The number of rotatable bonds is 8. The molecule has 0 saturated carbocycles. The van der Waals surface area contributed by atoms with Gasteiger partial charge in [-0.1, -0.05) is 188 Å². The van der Waals surface area contributed by atoms with Crippen molar-refractivity contribution in [3.8, 4) is 33.6 Å². The number of hydrogen-bond acceptors (Lipinski definition) is 2. The van der Waals surface area contributed by atoms with Crippen LogP contribution in [0.15, 0.2) is 315 Å². The number of aromatic nitrogens is 2. The van der Waals surface area contributed by atoms with Crippen molar-refractivity contribution in [3.05, 3.63) is 338 Å². The summed E-state index contributed by atoms with van der Waals surface area (Å²) < 4.78 is 4.79. The summed E-state index contributed by atoms with van der Waals surface area (Å²) in [6.45, 7) is 0. The summed E-state index contributed by atoms with van der Waals surface area (Å²) in [5.74, 6) is 0. The minimum absolute atomic E-state index is 0.645. The lowest BCUT2D eigenvalue weighted by Gasteiger charge is -2.33. The van der Waals surface area contributed by atoms with E-state index < -0.39 is 5.41 Å². The van der Waals surface area contributed by atoms with E-state index in [9.17, 15) is 0 Å². The van der Waals surface area contributed by atoms with Crippen LogP contribution >= 0.6 is 0 Å². The molecule has 16 aromatic rings. The van der Waals surface area contributed by atoms with Crippen LogP contribution in [-0.4, -0.2) is 9.13 Å². The highest BCUT2D eigenvalue weighted by atomic mass is 15.2. The molecule has 4 nitrogen and oxygen atoms in total. The van der Waals surface area contributed by atoms with Gasteiger partial charge in [-0.15, -0.1) is 0 Å². The molecule has 0 saturated heterocycles. The molecule has 0 amide bonds. The lowest BCUT2D eigenvalue weighted by atomic mass is 9.70. The molecule has 85 heavy (non-hydrogen) atoms. The minimum Gasteiger partial charge on any atom is -0.310 e. The van der Waals surface area contributed by atoms with E-state index in [4.69, 9.17) is 0 Å². The third kappa shape index (κ3) is 6.85. The second kappa shape index (κ2) is 18.4. The number of anilines is 6. The van der Waals surface area contributed by atoms with Gasteiger partial charge in [-0.3, -0.25) is 0 Å². The smallest absolute Gasteiger partial charge is 0.0726 e. The fraction of sp³-hybridized carbons (Fsp3) is 0.0123. The molecular formula is C81H52N4. The highest BCUT2D eigenvalue weighted by Gasteiger charge is 2.52. The van der Waals surface area contributed by atoms with Crippen molar-refractivity contribution in [1.82, 2.24) is 9.13 Å². The number of benzene rings is 14. The highest BCUT2D eigenvalue weighted by Crippen LogP contribution is 2.65. The van der Waals surface area contributed by atoms with Gasteiger partial charge in [-0.25, -0.2) is 0 Å². The van der Waals surface area contributed by atoms with E-state index in [2.05, 4.69) is 334 Å². The average Bonchev–Trinajstić information content (AvgIpc) is 1.55. The molecule has 0 atom stereocenters. The summed E-state index contributed by atoms with van der Waals surface area (Å²) in [5.41, 5.74) is 23.3. The van der Waals surface area contributed by atoms with Crippen molar-refractivity contribution in [3.63, 3.8) is 0 Å². The Morgan fingerprint density at radius 2 is 0.671 bits per heavy atom. The number of para-hydroxylation sites is 6. The van der Waals surface area contributed by atoms with Crippen molar-refractivity contribution in [1.29, 1.82) is 0 Å². The molecule has 0 aliphatic heterocycles. The number of nitrogens with zero attached hydrogens (tertiary/aromatic N) is 4. The van der Waals surface area contributed by atoms with Gasteiger partial charge in [-0.2, -0.15) is 0 Å². The predicted octanol–water partition coefficient (Wildman–Crippen LogP) is 21.5. The van der Waals surface area contributed by atoms with Crippen molar-refractivity contribution < 1.29 is 0 Å². The second-order valence-corrected chi connectivity index (χ2v) is 22.8. The molecule has 0 bridgehead atoms. The van der Waals surface area contributed by atoms with Crippen molar-refractivity contribution in [2.75, 3.05) is 9.80 Å². The van der Waals surface area contributed by atoms with Gasteiger partial charge >= 0.3 is 0 Å². The molecule has 18 rings (SSSR count). The minimum atomic E-state index is -0.645. The molecule has 2 heterocycles. The summed E-state index contributed by atoms with van der Waals surface area (Å²) in [5, 5.41) is 9.67. The van der Waals surface area contributed by atoms with Gasteiger partial charge in [-0.05, 0) is 188 Å². The van der Waals surface area contributed by atoms with Crippen molar-refractivity contribution in [2.24, 2.45) is 0 Å². The van der Waals surface area contributed by atoms with Gasteiger partial charge in [0.15, 0.2) is 0 Å². The van der Waals surface area contributed by atoms with Crippen LogP contribution in [-0.2, 0) is 5.41 Å². The monoisotopic (exact) mass is 1080 g/mol. The molecule has 0 radical (unpaired) electrons. The zero-order valence-corrected chi connectivity index (χ0v) is 46.3. The predicted molar refractivity (Wildman–Crippen MR) is 356 cm³/mol. The topological polar surface area (TPSA) is 16.3 Å². The standard InChI is InChI=1S/C81H52N4/c1-5-23-55(24-6-1)82(60-43-45-77-68(50-60)65-34-17-21-39-75(65)84(77)57-27-9-3-10-28-57)59-42-41-53-48-70-73(49-54(53)47-59)81(71-37-19-15-31-62(71)63-32-16-20-38-72(63)81)74-52-79(64-33-13-14-36-67(64)80(70)74)83(56-25-7-2-8-26-56)61-44-46-78-69(51-61)66-35-18-22-40-76(66)85(78)58-29-11-4-12-30-58/h1-52H. The van der Waals surface area contributed by atoms with Crippen molar-refractivity contribution >= 4 is 99.3 Å². The molecule has 14 aromatic carbocycles. The zero-order valence-electron chi connectivity index (χ0n) is 46.3. The fourth-order valence-electron chi connectivity index (χ4n) is 15.0. The molecular weight excluding hydrogens is 1030 g/mol. The first-order chi connectivity index (χ1) is 42.2. The quantitative estimate of drug-likeness (QED) is 0.151. The first kappa shape index (κ1) is 47.4. The molecule has 4 heteroatoms. The van der Waals surface area contributed by atoms with Crippen LogP contribution in [0.2, 0.25) is 0 Å². The Balaban J connectivity index is 0.874. The van der Waals surface area contributed by atoms with Crippen LogP contribution in [0.5, 0.6) is 0 Å². The fourth-order valence-corrected chi connectivity index (χ4v) is 15.0. The van der Waals surface area contributed by atoms with E-state index in [1.54, 1.807) is 0 Å². The summed E-state index contributed by atoms with van der Waals surface area (Å²) >= 11 is 0. The first-order valence-electron chi connectivity index (χ1n) is 29.4. The SMILES string of the molecule is c1ccc(N(c2ccc3cc4c(cc3c2)C2(c3ccccc3-c3ccccc32)c2cc(N(c3ccccc3)c3ccc5c(c3)c3ccccc3n5-c3ccccc3)c3ccccc3c2-4)c2ccc3c(c2)c2ccccc2n3-c2ccccc2)cc1. The third-order valence-corrected chi connectivity index (χ3v) is 18.4. The van der Waals surface area contributed by atoms with Crippen molar-refractivity contribution in [2.45, 2.75) is 5.41 Å². The average molecular weight is 1080 g/mol. The summed E-state index contributed by atoms with van der Waals surface area (Å²) in [7, 11) is 0. The maximum Gasteiger partial charge on any atom is 0.0726 e. The maximum absolute atomic E-state index is 2.57. The van der Waals surface area contributed by atoms with E-state index in [1.165, 1.54) is 110 Å². The Kier molecular flexibility index (Phi) is 10.3. The Morgan fingerprint density at radius 1 is 0.235 bits per heavy atom. The largest absolute Gasteiger partial charge is 0.310 e. The molecule has 0 N–H and O–H groups in total. The van der Waals surface area contributed by atoms with Gasteiger partial charge in [0.1, 0.15) is 0 Å². The van der Waals surface area contributed by atoms with Crippen LogP contribution in [0.3, 0.4) is 0 Å². The van der Waals surface area contributed by atoms with E-state index in [0.717, 1.165) is 45.5 Å². The van der Waals surface area contributed by atoms with Gasteiger partial charge in [0.05, 0.1) is 33.2 Å². The van der Waals surface area contributed by atoms with Gasteiger partial charge < -0.3 is 18.9 Å². The Hall–Kier alpha value is -11.2. The normalized spacial score (nSPS) is 12.8. The lowest BCUT2D eigenvalue weighted by Crippen LogP contribution is -2.26. The zero-order chi connectivity index (χ0) is 55.7. The van der Waals surface area contributed by atoms with Crippen LogP contribution < -0.4 is 9.80 Å². The van der Waals surface area contributed by atoms with E-state index in [0.29, 0.717) is 0 Å². The van der Waals surface area contributed by atoms with Crippen LogP contribution in [0.4, 0.5) is 34.1 Å². The van der Waals surface area contributed by atoms with Crippen LogP contribution in [0.1, 0.15) is 22.3 Å². The maximum atomic E-state index is 2.57. The van der Waals surface area contributed by atoms with E-state index in [1.807, 2.05) is 0 Å². The van der Waals surface area contributed by atoms with Gasteiger partial charge in [0, 0.05) is 66.7 Å². The molecule has 1 spiro atoms. The second-order valence-electron chi connectivity index (χ2n) is 22.8. The van der Waals surface area contributed by atoms with E-state index >= 15 is 0 Å². The molecule has 2 aliphatic rings. The number of hydrogen-bond donors (Lipinski definition) is 0. The Labute approximate surface area is 492 Å². The summed E-state index contributed by atoms with van der Waals surface area (Å²) in [6.07, 6.45) is 0. The van der Waals surface area contributed by atoms with Gasteiger partial charge in [0.25, 0.3) is 0 Å².